The third-order valence-electron chi connectivity index (χ3n) is 3.84. The quantitative estimate of drug-likeness (QED) is 0.778. The van der Waals surface area contributed by atoms with E-state index < -0.39 is 5.82 Å². The number of amides is 1. The van der Waals surface area contributed by atoms with E-state index in [0.29, 0.717) is 18.7 Å². The van der Waals surface area contributed by atoms with Crippen LogP contribution in [0.1, 0.15) is 27.4 Å². The summed E-state index contributed by atoms with van der Waals surface area (Å²) < 4.78 is 16.0. The maximum Gasteiger partial charge on any atom is 0.251 e. The molecule has 5 nitrogen and oxygen atoms in total. The molecule has 1 N–H and O–H groups in total. The number of hydrogen-bond donors (Lipinski definition) is 1. The average molecular weight is 338 g/mol. The zero-order chi connectivity index (χ0) is 17.8. The highest BCUT2D eigenvalue weighted by Crippen LogP contribution is 2.17. The van der Waals surface area contributed by atoms with Crippen molar-refractivity contribution >= 4 is 5.91 Å². The van der Waals surface area contributed by atoms with E-state index in [4.69, 9.17) is 0 Å². The number of aryl methyl sites for hydroxylation is 2. The summed E-state index contributed by atoms with van der Waals surface area (Å²) >= 11 is 0. The molecule has 1 aromatic carbocycles. The van der Waals surface area contributed by atoms with Gasteiger partial charge in [0, 0.05) is 36.1 Å². The first-order chi connectivity index (χ1) is 12.0. The van der Waals surface area contributed by atoms with E-state index in [2.05, 4.69) is 15.4 Å². The fourth-order valence-corrected chi connectivity index (χ4v) is 2.64. The van der Waals surface area contributed by atoms with E-state index in [1.165, 1.54) is 10.7 Å². The molecule has 6 heteroatoms. The molecular weight excluding hydrogens is 319 g/mol. The van der Waals surface area contributed by atoms with E-state index in [1.807, 2.05) is 38.1 Å². The first-order valence-corrected chi connectivity index (χ1v) is 8.06. The van der Waals surface area contributed by atoms with E-state index in [1.54, 1.807) is 18.3 Å². The molecular formula is C19H19FN4O. The molecule has 0 unspecified atom stereocenters. The van der Waals surface area contributed by atoms with Gasteiger partial charge in [0.2, 0.25) is 0 Å². The van der Waals surface area contributed by atoms with Crippen LogP contribution >= 0.6 is 0 Å². The minimum atomic E-state index is -0.483. The fourth-order valence-electron chi connectivity index (χ4n) is 2.64. The number of rotatable bonds is 5. The van der Waals surface area contributed by atoms with Crippen LogP contribution in [-0.2, 0) is 6.42 Å². The zero-order valence-electron chi connectivity index (χ0n) is 14.2. The van der Waals surface area contributed by atoms with Crippen LogP contribution in [0.4, 0.5) is 4.39 Å². The van der Waals surface area contributed by atoms with Crippen LogP contribution in [0.25, 0.3) is 5.69 Å². The molecule has 2 heterocycles. The third-order valence-corrected chi connectivity index (χ3v) is 3.84. The van der Waals surface area contributed by atoms with E-state index in [9.17, 15) is 9.18 Å². The predicted molar refractivity (Wildman–Crippen MR) is 93.3 cm³/mol. The molecule has 0 saturated carbocycles. The Hall–Kier alpha value is -3.02. The van der Waals surface area contributed by atoms with Gasteiger partial charge in [-0.25, -0.2) is 9.07 Å². The van der Waals surface area contributed by atoms with Gasteiger partial charge in [-0.15, -0.1) is 0 Å². The maximum atomic E-state index is 14.4. The number of carbonyl (C=O) groups excluding carboxylic acids is 1. The summed E-state index contributed by atoms with van der Waals surface area (Å²) in [5.74, 6) is -0.793. The molecule has 128 valence electrons. The topological polar surface area (TPSA) is 59.8 Å². The van der Waals surface area contributed by atoms with Gasteiger partial charge in [-0.3, -0.25) is 9.78 Å². The van der Waals surface area contributed by atoms with Gasteiger partial charge in [0.15, 0.2) is 0 Å². The Balaban J connectivity index is 1.67. The normalized spacial score (nSPS) is 10.7. The highest BCUT2D eigenvalue weighted by atomic mass is 19.1. The second kappa shape index (κ2) is 7.25. The molecule has 1 amide bonds. The minimum Gasteiger partial charge on any atom is -0.352 e. The lowest BCUT2D eigenvalue weighted by atomic mass is 10.1. The molecule has 0 aliphatic carbocycles. The summed E-state index contributed by atoms with van der Waals surface area (Å²) in [6.07, 6.45) is 2.34. The van der Waals surface area contributed by atoms with Crippen molar-refractivity contribution in [2.75, 3.05) is 6.54 Å². The van der Waals surface area contributed by atoms with Gasteiger partial charge in [-0.05, 0) is 50.2 Å². The molecule has 0 atom stereocenters. The van der Waals surface area contributed by atoms with Crippen molar-refractivity contribution < 1.29 is 9.18 Å². The number of carbonyl (C=O) groups is 1. The van der Waals surface area contributed by atoms with Gasteiger partial charge < -0.3 is 5.32 Å². The second-order valence-electron chi connectivity index (χ2n) is 5.83. The van der Waals surface area contributed by atoms with Gasteiger partial charge in [0.25, 0.3) is 5.91 Å². The Morgan fingerprint density at radius 2 is 2.04 bits per heavy atom. The predicted octanol–water partition coefficient (Wildman–Crippen LogP) is 3.00. The SMILES string of the molecule is Cc1cc(C)n(-c2ccc(C(=O)NCCc3ccccn3)cc2F)n1. The Bertz CT molecular complexity index is 890. The Morgan fingerprint density at radius 1 is 1.20 bits per heavy atom. The zero-order valence-corrected chi connectivity index (χ0v) is 14.2. The number of halogens is 1. The van der Waals surface area contributed by atoms with Gasteiger partial charge in [0.1, 0.15) is 11.5 Å². The molecule has 0 radical (unpaired) electrons. The summed E-state index contributed by atoms with van der Waals surface area (Å²) in [6, 6.07) is 11.9. The molecule has 25 heavy (non-hydrogen) atoms. The number of aromatic nitrogens is 3. The van der Waals surface area contributed by atoms with E-state index in [0.717, 1.165) is 17.1 Å². The van der Waals surface area contributed by atoms with Crippen molar-refractivity contribution in [3.63, 3.8) is 0 Å². The Labute approximate surface area is 145 Å². The first-order valence-electron chi connectivity index (χ1n) is 8.06. The summed E-state index contributed by atoms with van der Waals surface area (Å²) in [5, 5.41) is 7.05. The molecule has 3 rings (SSSR count). The number of hydrogen-bond acceptors (Lipinski definition) is 3. The van der Waals surface area contributed by atoms with Crippen molar-refractivity contribution in [2.24, 2.45) is 0 Å². The summed E-state index contributed by atoms with van der Waals surface area (Å²) in [6.45, 7) is 4.15. The highest BCUT2D eigenvalue weighted by Gasteiger charge is 2.13. The molecule has 0 fully saturated rings. The van der Waals surface area contributed by atoms with Gasteiger partial charge in [-0.2, -0.15) is 5.10 Å². The third kappa shape index (κ3) is 3.91. The maximum absolute atomic E-state index is 14.4. The molecule has 2 aromatic heterocycles. The lowest BCUT2D eigenvalue weighted by Gasteiger charge is -2.09. The largest absolute Gasteiger partial charge is 0.352 e. The first kappa shape index (κ1) is 16.8. The lowest BCUT2D eigenvalue weighted by molar-refractivity contribution is 0.0953. The Kier molecular flexibility index (Phi) is 4.88. The van der Waals surface area contributed by atoms with Gasteiger partial charge in [0.05, 0.1) is 5.69 Å². The summed E-state index contributed by atoms with van der Waals surface area (Å²) in [7, 11) is 0. The van der Waals surface area contributed by atoms with E-state index >= 15 is 0 Å². The Morgan fingerprint density at radius 3 is 2.68 bits per heavy atom. The van der Waals surface area contributed by atoms with Crippen molar-refractivity contribution in [1.29, 1.82) is 0 Å². The highest BCUT2D eigenvalue weighted by molar-refractivity contribution is 5.94. The summed E-state index contributed by atoms with van der Waals surface area (Å²) in [5.41, 5.74) is 3.16. The van der Waals surface area contributed by atoms with Crippen LogP contribution in [0, 0.1) is 19.7 Å². The van der Waals surface area contributed by atoms with Crippen LogP contribution < -0.4 is 5.32 Å². The van der Waals surface area contributed by atoms with Crippen molar-refractivity contribution in [3.8, 4) is 5.69 Å². The number of pyridine rings is 1. The number of nitrogens with zero attached hydrogens (tertiary/aromatic N) is 3. The standard InChI is InChI=1S/C19H19FN4O/c1-13-11-14(2)24(23-13)18-7-6-15(12-17(18)20)19(25)22-10-8-16-5-3-4-9-21-16/h3-7,9,11-12H,8,10H2,1-2H3,(H,22,25). The lowest BCUT2D eigenvalue weighted by Crippen LogP contribution is -2.26. The molecule has 0 aliphatic rings. The molecule has 3 aromatic rings. The number of nitrogens with one attached hydrogen (secondary N) is 1. The van der Waals surface area contributed by atoms with Gasteiger partial charge >= 0.3 is 0 Å². The van der Waals surface area contributed by atoms with Crippen LogP contribution in [0.15, 0.2) is 48.7 Å². The molecule has 0 saturated heterocycles. The summed E-state index contributed by atoms with van der Waals surface area (Å²) in [4.78, 5) is 16.4. The van der Waals surface area contributed by atoms with Crippen LogP contribution in [0.3, 0.4) is 0 Å². The van der Waals surface area contributed by atoms with Crippen molar-refractivity contribution in [2.45, 2.75) is 20.3 Å². The van der Waals surface area contributed by atoms with Crippen molar-refractivity contribution in [1.82, 2.24) is 20.1 Å². The number of benzene rings is 1. The average Bonchev–Trinajstić information content (AvgIpc) is 2.93. The monoisotopic (exact) mass is 338 g/mol. The molecule has 0 bridgehead atoms. The fraction of sp³-hybridized carbons (Fsp3) is 0.211. The van der Waals surface area contributed by atoms with Gasteiger partial charge in [-0.1, -0.05) is 6.07 Å². The smallest absolute Gasteiger partial charge is 0.251 e. The van der Waals surface area contributed by atoms with E-state index in [-0.39, 0.29) is 11.5 Å². The van der Waals surface area contributed by atoms with Crippen LogP contribution in [-0.4, -0.2) is 27.2 Å². The van der Waals surface area contributed by atoms with Crippen LogP contribution in [0.2, 0.25) is 0 Å². The molecule has 0 spiro atoms. The molecule has 0 aliphatic heterocycles. The minimum absolute atomic E-state index is 0.281. The van der Waals surface area contributed by atoms with Crippen LogP contribution in [0.5, 0.6) is 0 Å². The second-order valence-corrected chi connectivity index (χ2v) is 5.83. The van der Waals surface area contributed by atoms with Crippen molar-refractivity contribution in [3.05, 3.63) is 77.1 Å².